The minimum absolute atomic E-state index is 0. The van der Waals surface area contributed by atoms with E-state index in [0.717, 1.165) is 56.7 Å². The summed E-state index contributed by atoms with van der Waals surface area (Å²) in [7, 11) is 0. The summed E-state index contributed by atoms with van der Waals surface area (Å²) in [5.41, 5.74) is 0.487. The maximum atomic E-state index is 10.1. The van der Waals surface area contributed by atoms with E-state index in [9.17, 15) is 20.4 Å². The summed E-state index contributed by atoms with van der Waals surface area (Å²) in [6.07, 6.45) is 8.96. The summed E-state index contributed by atoms with van der Waals surface area (Å²) in [5, 5.41) is 42.3. The molecule has 0 amide bonds. The van der Waals surface area contributed by atoms with Gasteiger partial charge < -0.3 is 30.5 Å². The van der Waals surface area contributed by atoms with Gasteiger partial charge in [0.15, 0.2) is 0 Å². The number of halogens is 1. The van der Waals surface area contributed by atoms with E-state index in [1.807, 2.05) is 0 Å². The number of ether oxygens (including phenoxy) is 1. The van der Waals surface area contributed by atoms with Crippen LogP contribution in [0.25, 0.3) is 0 Å². The van der Waals surface area contributed by atoms with Gasteiger partial charge in [0, 0.05) is 12.6 Å². The van der Waals surface area contributed by atoms with Crippen molar-refractivity contribution in [1.82, 2.24) is 5.32 Å². The molecule has 1 heterocycles. The standard InChI is InChI=1S/C22H39NO5.ClH/c24-12-18-20(26)21(27)19(25)17(23-18)4-2-1-3-5-28-13-22-9-14-6-15(10-22)8-16(7-14)11-22;/h14-21,23-27H,1-13H2;1H/t14?,15?,16?,17-,18+,19-,20+,21+,22?;/m0./s1. The molecule has 5 rings (SSSR count). The molecule has 5 aliphatic rings. The summed E-state index contributed by atoms with van der Waals surface area (Å²) >= 11 is 0. The number of aliphatic hydroxyl groups is 4. The van der Waals surface area contributed by atoms with Crippen molar-refractivity contribution in [2.75, 3.05) is 19.8 Å². The van der Waals surface area contributed by atoms with Crippen LogP contribution >= 0.6 is 12.4 Å². The normalized spacial score (nSPS) is 45.9. The van der Waals surface area contributed by atoms with Gasteiger partial charge in [0.05, 0.1) is 31.5 Å². The van der Waals surface area contributed by atoms with E-state index in [2.05, 4.69) is 5.32 Å². The van der Waals surface area contributed by atoms with E-state index >= 15 is 0 Å². The highest BCUT2D eigenvalue weighted by atomic mass is 35.5. The zero-order valence-corrected chi connectivity index (χ0v) is 18.2. The second-order valence-electron chi connectivity index (χ2n) is 10.4. The minimum Gasteiger partial charge on any atom is -0.395 e. The number of aliphatic hydroxyl groups excluding tert-OH is 4. The van der Waals surface area contributed by atoms with Crippen molar-refractivity contribution in [2.45, 2.75) is 94.6 Å². The van der Waals surface area contributed by atoms with Crippen molar-refractivity contribution in [2.24, 2.45) is 23.2 Å². The van der Waals surface area contributed by atoms with Crippen molar-refractivity contribution < 1.29 is 25.2 Å². The van der Waals surface area contributed by atoms with Crippen molar-refractivity contribution in [3.8, 4) is 0 Å². The molecule has 6 nitrogen and oxygen atoms in total. The van der Waals surface area contributed by atoms with Crippen LogP contribution in [-0.4, -0.2) is 70.6 Å². The molecule has 0 aromatic carbocycles. The van der Waals surface area contributed by atoms with Crippen molar-refractivity contribution >= 4 is 12.4 Å². The predicted molar refractivity (Wildman–Crippen MR) is 113 cm³/mol. The van der Waals surface area contributed by atoms with Crippen LogP contribution in [0.3, 0.4) is 0 Å². The molecule has 5 fully saturated rings. The largest absolute Gasteiger partial charge is 0.395 e. The van der Waals surface area contributed by atoms with Crippen LogP contribution in [0.5, 0.6) is 0 Å². The fourth-order valence-corrected chi connectivity index (χ4v) is 7.07. The molecular formula is C22H40ClNO5. The molecule has 0 aromatic heterocycles. The molecule has 4 aliphatic carbocycles. The van der Waals surface area contributed by atoms with Gasteiger partial charge in [-0.3, -0.25) is 0 Å². The molecule has 0 aromatic rings. The first-order valence-electron chi connectivity index (χ1n) is 11.5. The van der Waals surface area contributed by atoms with Gasteiger partial charge in [-0.1, -0.05) is 12.8 Å². The average Bonchev–Trinajstić information content (AvgIpc) is 2.66. The molecule has 4 bridgehead atoms. The quantitative estimate of drug-likeness (QED) is 0.354. The lowest BCUT2D eigenvalue weighted by Crippen LogP contribution is -2.65. The fourth-order valence-electron chi connectivity index (χ4n) is 7.07. The van der Waals surface area contributed by atoms with Crippen molar-refractivity contribution in [3.63, 3.8) is 0 Å². The molecule has 170 valence electrons. The van der Waals surface area contributed by atoms with Crippen molar-refractivity contribution in [3.05, 3.63) is 0 Å². The van der Waals surface area contributed by atoms with E-state index < -0.39 is 24.4 Å². The fraction of sp³-hybridized carbons (Fsp3) is 1.00. The van der Waals surface area contributed by atoms with Crippen LogP contribution in [0.2, 0.25) is 0 Å². The molecule has 29 heavy (non-hydrogen) atoms. The number of piperidine rings is 1. The molecule has 0 unspecified atom stereocenters. The molecule has 5 N–H and O–H groups in total. The topological polar surface area (TPSA) is 102 Å². The summed E-state index contributed by atoms with van der Waals surface area (Å²) in [6.45, 7) is 1.50. The minimum atomic E-state index is -1.20. The molecule has 4 saturated carbocycles. The number of rotatable bonds is 9. The Morgan fingerprint density at radius 2 is 1.38 bits per heavy atom. The summed E-state index contributed by atoms with van der Waals surface area (Å²) < 4.78 is 6.13. The molecule has 0 radical (unpaired) electrons. The van der Waals surface area contributed by atoms with Crippen LogP contribution in [0.4, 0.5) is 0 Å². The van der Waals surface area contributed by atoms with Crippen LogP contribution in [0.1, 0.15) is 64.2 Å². The number of unbranched alkanes of at least 4 members (excludes halogenated alkanes) is 2. The highest BCUT2D eigenvalue weighted by Gasteiger charge is 2.50. The molecule has 0 spiro atoms. The first-order valence-corrected chi connectivity index (χ1v) is 11.5. The van der Waals surface area contributed by atoms with Crippen LogP contribution in [0, 0.1) is 23.2 Å². The Bertz CT molecular complexity index is 484. The Labute approximate surface area is 180 Å². The van der Waals surface area contributed by atoms with E-state index in [4.69, 9.17) is 4.74 Å². The molecular weight excluding hydrogens is 394 g/mol. The lowest BCUT2D eigenvalue weighted by Gasteiger charge is -2.56. The summed E-state index contributed by atoms with van der Waals surface area (Å²) in [6, 6.07) is -0.865. The highest BCUT2D eigenvalue weighted by Crippen LogP contribution is 2.60. The van der Waals surface area contributed by atoms with Crippen LogP contribution in [0.15, 0.2) is 0 Å². The third-order valence-electron chi connectivity index (χ3n) is 8.03. The maximum absolute atomic E-state index is 10.1. The van der Waals surface area contributed by atoms with E-state index in [1.54, 1.807) is 0 Å². The molecule has 1 saturated heterocycles. The maximum Gasteiger partial charge on any atom is 0.109 e. The van der Waals surface area contributed by atoms with Crippen molar-refractivity contribution in [1.29, 1.82) is 0 Å². The van der Waals surface area contributed by atoms with E-state index in [-0.39, 0.29) is 25.1 Å². The van der Waals surface area contributed by atoms with E-state index in [1.165, 1.54) is 38.5 Å². The van der Waals surface area contributed by atoms with E-state index in [0.29, 0.717) is 5.41 Å². The second kappa shape index (κ2) is 10.1. The van der Waals surface area contributed by atoms with Gasteiger partial charge in [0.25, 0.3) is 0 Å². The number of hydrogen-bond donors (Lipinski definition) is 5. The first kappa shape index (κ1) is 23.7. The molecule has 1 aliphatic heterocycles. The Morgan fingerprint density at radius 1 is 0.793 bits per heavy atom. The molecule has 7 heteroatoms. The Balaban J connectivity index is 0.00000240. The third kappa shape index (κ3) is 5.28. The van der Waals surface area contributed by atoms with Gasteiger partial charge in [-0.05, 0) is 74.5 Å². The van der Waals surface area contributed by atoms with Crippen LogP contribution < -0.4 is 5.32 Å². The summed E-state index contributed by atoms with van der Waals surface area (Å²) in [4.78, 5) is 0. The van der Waals surface area contributed by atoms with Gasteiger partial charge in [-0.25, -0.2) is 0 Å². The van der Waals surface area contributed by atoms with Gasteiger partial charge in [-0.2, -0.15) is 0 Å². The highest BCUT2D eigenvalue weighted by molar-refractivity contribution is 5.85. The van der Waals surface area contributed by atoms with Gasteiger partial charge in [-0.15, -0.1) is 12.4 Å². The number of hydrogen-bond acceptors (Lipinski definition) is 6. The first-order chi connectivity index (χ1) is 13.5. The van der Waals surface area contributed by atoms with Gasteiger partial charge >= 0.3 is 0 Å². The lowest BCUT2D eigenvalue weighted by molar-refractivity contribution is -0.120. The predicted octanol–water partition coefficient (Wildman–Crippen LogP) is 1.62. The number of nitrogens with one attached hydrogen (secondary N) is 1. The third-order valence-corrected chi connectivity index (χ3v) is 8.03. The molecule has 5 atom stereocenters. The van der Waals surface area contributed by atoms with Gasteiger partial charge in [0.2, 0.25) is 0 Å². The summed E-state index contributed by atoms with van der Waals surface area (Å²) in [5.74, 6) is 2.92. The monoisotopic (exact) mass is 433 g/mol. The zero-order chi connectivity index (χ0) is 19.7. The Hall–Kier alpha value is 0.0500. The average molecular weight is 434 g/mol. The smallest absolute Gasteiger partial charge is 0.109 e. The Morgan fingerprint density at radius 3 is 1.97 bits per heavy atom. The zero-order valence-electron chi connectivity index (χ0n) is 17.4. The Kier molecular flexibility index (Phi) is 8.27. The second-order valence-corrected chi connectivity index (χ2v) is 10.4. The van der Waals surface area contributed by atoms with Crippen LogP contribution in [-0.2, 0) is 4.74 Å². The lowest BCUT2D eigenvalue weighted by atomic mass is 9.50. The SMILES string of the molecule is Cl.OC[C@H]1N[C@@H](CCCCCOCC23CC4CC(CC(C4)C2)C3)[C@H](O)[C@@H](O)[C@@H]1O. The van der Waals surface area contributed by atoms with Gasteiger partial charge in [0.1, 0.15) is 6.10 Å².